The van der Waals surface area contributed by atoms with E-state index in [1.165, 1.54) is 18.2 Å². The van der Waals surface area contributed by atoms with Crippen molar-refractivity contribution in [2.24, 2.45) is 0 Å². The Hall–Kier alpha value is -2.42. The molecule has 0 aliphatic heterocycles. The molecule has 2 rings (SSSR count). The maximum Gasteiger partial charge on any atom is 0.288 e. The van der Waals surface area contributed by atoms with Gasteiger partial charge in [-0.15, -0.1) is 0 Å². The predicted octanol–water partition coefficient (Wildman–Crippen LogP) is 2.78. The van der Waals surface area contributed by atoms with Crippen LogP contribution in [0.25, 0.3) is 0 Å². The number of aromatic nitrogens is 1. The van der Waals surface area contributed by atoms with Crippen LogP contribution in [0.15, 0.2) is 27.6 Å². The van der Waals surface area contributed by atoms with Crippen molar-refractivity contribution in [2.75, 3.05) is 11.6 Å². The van der Waals surface area contributed by atoms with E-state index in [1.807, 2.05) is 13.8 Å². The van der Waals surface area contributed by atoms with Crippen LogP contribution in [0, 0.1) is 24.0 Å². The molecule has 0 aliphatic carbocycles. The number of anilines is 1. The summed E-state index contributed by atoms with van der Waals surface area (Å²) in [6, 6.07) is 3.72. The second-order valence-corrected chi connectivity index (χ2v) is 7.30. The zero-order valence-electron chi connectivity index (χ0n) is 13.2. The molecule has 0 bridgehead atoms. The monoisotopic (exact) mass is 339 g/mol. The molecule has 0 radical (unpaired) electrons. The van der Waals surface area contributed by atoms with Crippen molar-refractivity contribution in [3.05, 3.63) is 45.3 Å². The molecule has 0 saturated carbocycles. The summed E-state index contributed by atoms with van der Waals surface area (Å²) >= 11 is 0. The average molecular weight is 339 g/mol. The molecule has 1 aromatic carbocycles. The van der Waals surface area contributed by atoms with Crippen molar-refractivity contribution in [1.82, 2.24) is 5.16 Å². The van der Waals surface area contributed by atoms with E-state index in [2.05, 4.69) is 10.5 Å². The average Bonchev–Trinajstić information content (AvgIpc) is 2.76. The Morgan fingerprint density at radius 3 is 2.48 bits per heavy atom. The first-order valence-corrected chi connectivity index (χ1v) is 8.68. The smallest absolute Gasteiger partial charge is 0.288 e. The Kier molecular flexibility index (Phi) is 4.42. The zero-order chi connectivity index (χ0) is 17.4. The molecular weight excluding hydrogens is 322 g/mol. The van der Waals surface area contributed by atoms with Crippen LogP contribution in [0.2, 0.25) is 0 Å². The molecule has 1 heterocycles. The Bertz CT molecular complexity index is 838. The summed E-state index contributed by atoms with van der Waals surface area (Å²) in [4.78, 5) is 9.95. The summed E-state index contributed by atoms with van der Waals surface area (Å²) in [6.45, 7) is 5.46. The number of hydrogen-bond donors (Lipinski definition) is 1. The summed E-state index contributed by atoms with van der Waals surface area (Å²) in [5.74, 6) is 0.660. The first-order valence-electron chi connectivity index (χ1n) is 6.79. The van der Waals surface area contributed by atoms with E-state index in [0.29, 0.717) is 11.4 Å². The van der Waals surface area contributed by atoms with Gasteiger partial charge in [-0.1, -0.05) is 5.16 Å². The molecule has 0 aliphatic rings. The quantitative estimate of drug-likeness (QED) is 0.657. The van der Waals surface area contributed by atoms with Gasteiger partial charge < -0.3 is 9.84 Å². The van der Waals surface area contributed by atoms with Crippen molar-refractivity contribution in [3.8, 4) is 0 Å². The third-order valence-electron chi connectivity index (χ3n) is 3.46. The van der Waals surface area contributed by atoms with E-state index >= 15 is 0 Å². The molecule has 0 amide bonds. The molecule has 9 heteroatoms. The molecule has 1 N–H and O–H groups in total. The highest BCUT2D eigenvalue weighted by Gasteiger charge is 2.23. The van der Waals surface area contributed by atoms with Crippen molar-refractivity contribution in [3.63, 3.8) is 0 Å². The van der Waals surface area contributed by atoms with Gasteiger partial charge in [-0.2, -0.15) is 0 Å². The van der Waals surface area contributed by atoms with Crippen LogP contribution >= 0.6 is 0 Å². The van der Waals surface area contributed by atoms with Gasteiger partial charge in [-0.05, 0) is 32.9 Å². The third kappa shape index (κ3) is 3.50. The van der Waals surface area contributed by atoms with Crippen LogP contribution in [0.5, 0.6) is 0 Å². The zero-order valence-corrected chi connectivity index (χ0v) is 14.0. The fraction of sp³-hybridized carbons (Fsp3) is 0.357. The minimum atomic E-state index is -3.72. The molecule has 124 valence electrons. The molecule has 1 unspecified atom stereocenters. The number of nitrogens with zero attached hydrogens (tertiary/aromatic N) is 2. The van der Waals surface area contributed by atoms with E-state index in [4.69, 9.17) is 4.52 Å². The van der Waals surface area contributed by atoms with Crippen LogP contribution in [0.3, 0.4) is 0 Å². The van der Waals surface area contributed by atoms with E-state index in [-0.39, 0.29) is 10.9 Å². The van der Waals surface area contributed by atoms with Gasteiger partial charge in [0.25, 0.3) is 5.69 Å². The van der Waals surface area contributed by atoms with Crippen LogP contribution in [0.4, 0.5) is 11.4 Å². The molecule has 0 saturated heterocycles. The molecule has 8 nitrogen and oxygen atoms in total. The number of nitro benzene ring substituents is 1. The van der Waals surface area contributed by atoms with E-state index in [1.54, 1.807) is 6.92 Å². The lowest BCUT2D eigenvalue weighted by molar-refractivity contribution is -0.387. The number of hydrogen-bond acceptors (Lipinski definition) is 7. The molecule has 2 aromatic rings. The van der Waals surface area contributed by atoms with Gasteiger partial charge in [0.1, 0.15) is 10.7 Å². The molecule has 1 aromatic heterocycles. The summed E-state index contributed by atoms with van der Waals surface area (Å²) in [6.07, 6.45) is 0.941. The van der Waals surface area contributed by atoms with Gasteiger partial charge in [-0.25, -0.2) is 8.42 Å². The van der Waals surface area contributed by atoms with Gasteiger partial charge >= 0.3 is 0 Å². The number of rotatable bonds is 5. The van der Waals surface area contributed by atoms with Crippen molar-refractivity contribution < 1.29 is 17.9 Å². The SMILES string of the molecule is Cc1noc(C)c1C(C)Nc1ccc([N+](=O)[O-])c(S(C)(=O)=O)c1. The second-order valence-electron chi connectivity index (χ2n) is 5.32. The summed E-state index contributed by atoms with van der Waals surface area (Å²) in [5, 5.41) is 18.0. The number of sulfone groups is 1. The maximum atomic E-state index is 11.8. The fourth-order valence-corrected chi connectivity index (χ4v) is 3.35. The first-order chi connectivity index (χ1) is 10.6. The topological polar surface area (TPSA) is 115 Å². The largest absolute Gasteiger partial charge is 0.378 e. The highest BCUT2D eigenvalue weighted by atomic mass is 32.2. The Labute approximate surface area is 133 Å². The fourth-order valence-electron chi connectivity index (χ4n) is 2.48. The lowest BCUT2D eigenvalue weighted by Gasteiger charge is -2.15. The third-order valence-corrected chi connectivity index (χ3v) is 4.59. The van der Waals surface area contributed by atoms with E-state index in [9.17, 15) is 18.5 Å². The van der Waals surface area contributed by atoms with Gasteiger partial charge in [0, 0.05) is 23.6 Å². The Morgan fingerprint density at radius 2 is 2.00 bits per heavy atom. The van der Waals surface area contributed by atoms with Crippen molar-refractivity contribution in [2.45, 2.75) is 31.7 Å². The predicted molar refractivity (Wildman–Crippen MR) is 84.2 cm³/mol. The van der Waals surface area contributed by atoms with Crippen LogP contribution in [-0.2, 0) is 9.84 Å². The van der Waals surface area contributed by atoms with E-state index < -0.39 is 20.4 Å². The second kappa shape index (κ2) is 5.99. The normalized spacial score (nSPS) is 12.9. The number of benzene rings is 1. The van der Waals surface area contributed by atoms with Crippen LogP contribution < -0.4 is 5.32 Å². The Morgan fingerprint density at radius 1 is 1.35 bits per heavy atom. The summed E-state index contributed by atoms with van der Waals surface area (Å²) in [7, 11) is -3.72. The van der Waals surface area contributed by atoms with Crippen molar-refractivity contribution >= 4 is 21.2 Å². The van der Waals surface area contributed by atoms with Gasteiger partial charge in [0.2, 0.25) is 0 Å². The molecule has 1 atom stereocenters. The number of nitrogens with one attached hydrogen (secondary N) is 1. The lowest BCUT2D eigenvalue weighted by atomic mass is 10.1. The summed E-state index contributed by atoms with van der Waals surface area (Å²) in [5.41, 5.74) is 1.61. The first kappa shape index (κ1) is 16.9. The van der Waals surface area contributed by atoms with Crippen molar-refractivity contribution in [1.29, 1.82) is 0 Å². The Balaban J connectivity index is 2.40. The van der Waals surface area contributed by atoms with Gasteiger partial charge in [-0.3, -0.25) is 10.1 Å². The van der Waals surface area contributed by atoms with E-state index in [0.717, 1.165) is 17.5 Å². The summed E-state index contributed by atoms with van der Waals surface area (Å²) < 4.78 is 28.7. The van der Waals surface area contributed by atoms with Gasteiger partial charge in [0.05, 0.1) is 16.7 Å². The minimum absolute atomic E-state index is 0.199. The highest BCUT2D eigenvalue weighted by molar-refractivity contribution is 7.90. The minimum Gasteiger partial charge on any atom is -0.378 e. The molecule has 0 spiro atoms. The number of nitro groups is 1. The lowest BCUT2D eigenvalue weighted by Crippen LogP contribution is -2.10. The van der Waals surface area contributed by atoms with Gasteiger partial charge in [0.15, 0.2) is 9.84 Å². The molecular formula is C14H17N3O5S. The number of aryl methyl sites for hydroxylation is 2. The standard InChI is InChI=1S/C14H17N3O5S/c1-8(14-9(2)16-22-10(14)3)15-11-5-6-12(17(18)19)13(7-11)23(4,20)21/h5-8,15H,1-4H3. The molecule has 23 heavy (non-hydrogen) atoms. The highest BCUT2D eigenvalue weighted by Crippen LogP contribution is 2.30. The van der Waals surface area contributed by atoms with Crippen LogP contribution in [0.1, 0.15) is 30.0 Å². The molecule has 0 fully saturated rings. The van der Waals surface area contributed by atoms with Crippen LogP contribution in [-0.4, -0.2) is 24.8 Å². The maximum absolute atomic E-state index is 11.8.